The van der Waals surface area contributed by atoms with Crippen LogP contribution in [0.5, 0.6) is 0 Å². The fourth-order valence-corrected chi connectivity index (χ4v) is 4.45. The van der Waals surface area contributed by atoms with Crippen molar-refractivity contribution in [3.8, 4) is 0 Å². The van der Waals surface area contributed by atoms with E-state index in [1.165, 1.54) is 24.3 Å². The summed E-state index contributed by atoms with van der Waals surface area (Å²) in [6.45, 7) is 0. The zero-order valence-electron chi connectivity index (χ0n) is 17.9. The smallest absolute Gasteiger partial charge is 0.336 e. The highest BCUT2D eigenvalue weighted by atomic mass is 16.4. The monoisotopic (exact) mass is 484 g/mol. The van der Waals surface area contributed by atoms with Crippen LogP contribution in [0.3, 0.4) is 0 Å². The topological polar surface area (TPSA) is 183 Å². The molecule has 0 saturated carbocycles. The molecular weight excluding hydrogens is 472 g/mol. The van der Waals surface area contributed by atoms with Crippen LogP contribution in [0.15, 0.2) is 48.5 Å². The summed E-state index contributed by atoms with van der Waals surface area (Å²) < 4.78 is 0. The maximum absolute atomic E-state index is 13.4. The number of carbonyl (C=O) groups excluding carboxylic acids is 2. The van der Waals surface area contributed by atoms with E-state index in [9.17, 15) is 49.2 Å². The molecule has 0 bridgehead atoms. The van der Waals surface area contributed by atoms with Crippen molar-refractivity contribution in [3.05, 3.63) is 93.0 Å². The summed E-state index contributed by atoms with van der Waals surface area (Å²) in [6.07, 6.45) is 0. The van der Waals surface area contributed by atoms with E-state index in [4.69, 9.17) is 0 Å². The Kier molecular flexibility index (Phi) is 4.71. The van der Waals surface area contributed by atoms with E-state index >= 15 is 0 Å². The third-order valence-electron chi connectivity index (χ3n) is 6.13. The molecule has 5 rings (SSSR count). The Labute approximate surface area is 199 Å². The van der Waals surface area contributed by atoms with E-state index < -0.39 is 57.7 Å². The Bertz CT molecular complexity index is 1520. The van der Waals surface area contributed by atoms with Gasteiger partial charge in [-0.1, -0.05) is 0 Å². The molecule has 0 fully saturated rings. The van der Waals surface area contributed by atoms with Gasteiger partial charge in [-0.15, -0.1) is 0 Å². The van der Waals surface area contributed by atoms with Gasteiger partial charge in [0.1, 0.15) is 0 Å². The molecule has 4 N–H and O–H groups in total. The summed E-state index contributed by atoms with van der Waals surface area (Å²) in [6, 6.07) is 9.70. The maximum Gasteiger partial charge on any atom is 0.336 e. The van der Waals surface area contributed by atoms with Crippen molar-refractivity contribution in [1.82, 2.24) is 0 Å². The van der Waals surface area contributed by atoms with E-state index in [0.717, 1.165) is 24.3 Å². The molecule has 0 saturated heterocycles. The van der Waals surface area contributed by atoms with Gasteiger partial charge in [-0.3, -0.25) is 9.59 Å². The molecule has 36 heavy (non-hydrogen) atoms. The number of ketones is 2. The van der Waals surface area contributed by atoms with Gasteiger partial charge in [-0.2, -0.15) is 0 Å². The fourth-order valence-electron chi connectivity index (χ4n) is 4.45. The fraction of sp³-hybridized carbons (Fsp3) is 0. The average molecular weight is 484 g/mol. The SMILES string of the molecule is O=C(O)c1cc2cc3c(cc2cc1C(=O)O)C(=O)c1cc2cc(C(=O)O)c(C(=O)O)cc2cc1C3=O. The zero-order chi connectivity index (χ0) is 26.0. The molecule has 10 heteroatoms. The molecular formula is C26H12O10. The van der Waals surface area contributed by atoms with E-state index in [1.807, 2.05) is 0 Å². The van der Waals surface area contributed by atoms with Crippen molar-refractivity contribution < 1.29 is 49.2 Å². The highest BCUT2D eigenvalue weighted by Crippen LogP contribution is 2.35. The Morgan fingerprint density at radius 2 is 0.583 bits per heavy atom. The van der Waals surface area contributed by atoms with Crippen molar-refractivity contribution in [1.29, 1.82) is 0 Å². The number of rotatable bonds is 4. The number of carbonyl (C=O) groups is 6. The first-order valence-electron chi connectivity index (χ1n) is 10.2. The Balaban J connectivity index is 1.76. The second kappa shape index (κ2) is 7.57. The van der Waals surface area contributed by atoms with Gasteiger partial charge < -0.3 is 20.4 Å². The van der Waals surface area contributed by atoms with E-state index in [1.54, 1.807) is 0 Å². The minimum Gasteiger partial charge on any atom is -0.478 e. The van der Waals surface area contributed by atoms with Crippen molar-refractivity contribution in [2.45, 2.75) is 0 Å². The van der Waals surface area contributed by atoms with Gasteiger partial charge in [0.15, 0.2) is 11.6 Å². The van der Waals surface area contributed by atoms with Gasteiger partial charge in [0.2, 0.25) is 0 Å². The average Bonchev–Trinajstić information content (AvgIpc) is 2.83. The van der Waals surface area contributed by atoms with Crippen LogP contribution < -0.4 is 0 Å². The van der Waals surface area contributed by atoms with Crippen molar-refractivity contribution in [2.75, 3.05) is 0 Å². The summed E-state index contributed by atoms with van der Waals surface area (Å²) in [5.74, 6) is -7.05. The van der Waals surface area contributed by atoms with E-state index in [2.05, 4.69) is 0 Å². The number of benzene rings is 4. The molecule has 0 unspecified atom stereocenters. The Morgan fingerprint density at radius 3 is 0.750 bits per heavy atom. The molecule has 0 amide bonds. The molecule has 1 aliphatic rings. The zero-order valence-corrected chi connectivity index (χ0v) is 17.9. The van der Waals surface area contributed by atoms with Crippen molar-refractivity contribution >= 4 is 57.0 Å². The molecule has 0 aliphatic heterocycles. The quantitative estimate of drug-likeness (QED) is 0.294. The van der Waals surface area contributed by atoms with Crippen molar-refractivity contribution in [2.24, 2.45) is 0 Å². The lowest BCUT2D eigenvalue weighted by molar-refractivity contribution is 0.0652. The number of fused-ring (bicyclic) bond motifs is 4. The van der Waals surface area contributed by atoms with Crippen LogP contribution in [0, 0.1) is 0 Å². The molecule has 0 aromatic heterocycles. The first-order valence-corrected chi connectivity index (χ1v) is 10.2. The third-order valence-corrected chi connectivity index (χ3v) is 6.13. The first kappa shape index (κ1) is 22.4. The number of hydrogen-bond acceptors (Lipinski definition) is 6. The predicted molar refractivity (Wildman–Crippen MR) is 123 cm³/mol. The minimum atomic E-state index is -1.47. The molecule has 0 radical (unpaired) electrons. The number of carboxylic acid groups (broad SMARTS) is 4. The number of aromatic carboxylic acids is 4. The van der Waals surface area contributed by atoms with Crippen LogP contribution in [-0.4, -0.2) is 55.9 Å². The predicted octanol–water partition coefficient (Wildman–Crippen LogP) is 3.56. The molecule has 1 aliphatic carbocycles. The third kappa shape index (κ3) is 3.20. The molecule has 4 aromatic rings. The van der Waals surface area contributed by atoms with Crippen LogP contribution in [0.25, 0.3) is 21.5 Å². The second-order valence-corrected chi connectivity index (χ2v) is 8.16. The number of carboxylic acids is 4. The molecule has 0 heterocycles. The molecule has 176 valence electrons. The standard InChI is InChI=1S/C26H12O10/c27-21-13-1-9-5-17(23(29)30)18(24(31)32)6-10(9)2-14(13)22(28)16-4-12-8-20(26(35)36)19(25(33)34)7-11(12)3-15(16)21/h1-8H,(H,29,30)(H,31,32)(H,33,34)(H,35,36). The summed E-state index contributed by atoms with van der Waals surface area (Å²) in [5, 5.41) is 38.5. The van der Waals surface area contributed by atoms with Crippen LogP contribution in [0.4, 0.5) is 0 Å². The highest BCUT2D eigenvalue weighted by molar-refractivity contribution is 6.31. The Hall–Kier alpha value is -5.38. The normalized spacial score (nSPS) is 12.3. The number of hydrogen-bond donors (Lipinski definition) is 4. The van der Waals surface area contributed by atoms with Gasteiger partial charge in [-0.05, 0) is 70.1 Å². The van der Waals surface area contributed by atoms with Gasteiger partial charge in [0, 0.05) is 22.3 Å². The van der Waals surface area contributed by atoms with Gasteiger partial charge in [0.05, 0.1) is 22.3 Å². The van der Waals surface area contributed by atoms with Gasteiger partial charge >= 0.3 is 23.9 Å². The van der Waals surface area contributed by atoms with E-state index in [0.29, 0.717) is 0 Å². The Morgan fingerprint density at radius 1 is 0.389 bits per heavy atom. The minimum absolute atomic E-state index is 0.0284. The van der Waals surface area contributed by atoms with Gasteiger partial charge in [0.25, 0.3) is 0 Å². The molecule has 0 spiro atoms. The lowest BCUT2D eigenvalue weighted by atomic mass is 9.81. The summed E-state index contributed by atoms with van der Waals surface area (Å²) >= 11 is 0. The van der Waals surface area contributed by atoms with Crippen LogP contribution in [-0.2, 0) is 0 Å². The maximum atomic E-state index is 13.4. The summed E-state index contributed by atoms with van der Waals surface area (Å²) in [4.78, 5) is 72.9. The largest absolute Gasteiger partial charge is 0.478 e. The van der Waals surface area contributed by atoms with Crippen LogP contribution in [0.2, 0.25) is 0 Å². The first-order chi connectivity index (χ1) is 17.0. The second-order valence-electron chi connectivity index (χ2n) is 8.16. The van der Waals surface area contributed by atoms with E-state index in [-0.39, 0.29) is 43.8 Å². The lowest BCUT2D eigenvalue weighted by Gasteiger charge is -2.20. The lowest BCUT2D eigenvalue weighted by Crippen LogP contribution is -2.21. The summed E-state index contributed by atoms with van der Waals surface area (Å²) in [7, 11) is 0. The molecule has 4 aromatic carbocycles. The highest BCUT2D eigenvalue weighted by Gasteiger charge is 2.31. The summed E-state index contributed by atoms with van der Waals surface area (Å²) in [5.41, 5.74) is -2.03. The van der Waals surface area contributed by atoms with Crippen LogP contribution in [0.1, 0.15) is 73.3 Å². The van der Waals surface area contributed by atoms with Crippen molar-refractivity contribution in [3.63, 3.8) is 0 Å². The van der Waals surface area contributed by atoms with Crippen LogP contribution >= 0.6 is 0 Å². The molecule has 10 nitrogen and oxygen atoms in total. The molecule has 0 atom stereocenters. The van der Waals surface area contributed by atoms with Gasteiger partial charge in [-0.25, -0.2) is 19.2 Å².